The van der Waals surface area contributed by atoms with Crippen molar-refractivity contribution < 1.29 is 18.7 Å². The largest absolute Gasteiger partial charge is 0.506 e. The second-order valence-electron chi connectivity index (χ2n) is 2.19. The fourth-order valence-corrected chi connectivity index (χ4v) is 1.40. The van der Waals surface area contributed by atoms with Crippen LogP contribution in [0.4, 0.5) is 8.78 Å². The van der Waals surface area contributed by atoms with E-state index in [0.29, 0.717) is 6.29 Å². The Morgan fingerprint density at radius 2 is 2.23 bits per heavy atom. The fraction of sp³-hybridized carbons (Fsp3) is 0.143. The number of aldehydes is 1. The van der Waals surface area contributed by atoms with E-state index in [2.05, 4.69) is 4.98 Å². The molecule has 1 aromatic heterocycles. The summed E-state index contributed by atoms with van der Waals surface area (Å²) < 4.78 is 24.4. The first-order valence-corrected chi connectivity index (χ1v) is 4.27. The minimum Gasteiger partial charge on any atom is -0.506 e. The van der Waals surface area contributed by atoms with Crippen molar-refractivity contribution in [2.45, 2.75) is 6.43 Å². The highest BCUT2D eigenvalue weighted by molar-refractivity contribution is 14.1. The summed E-state index contributed by atoms with van der Waals surface area (Å²) in [5, 5.41) is 9.03. The van der Waals surface area contributed by atoms with Crippen LogP contribution in [0.1, 0.15) is 22.5 Å². The Labute approximate surface area is 85.9 Å². The summed E-state index contributed by atoms with van der Waals surface area (Å²) in [6, 6.07) is 0.850. The van der Waals surface area contributed by atoms with Crippen LogP contribution in [0.25, 0.3) is 0 Å². The van der Waals surface area contributed by atoms with Gasteiger partial charge in [0.05, 0.1) is 5.56 Å². The highest BCUT2D eigenvalue weighted by atomic mass is 127. The Morgan fingerprint density at radius 3 is 2.69 bits per heavy atom. The monoisotopic (exact) mass is 299 g/mol. The number of rotatable bonds is 2. The van der Waals surface area contributed by atoms with E-state index in [-0.39, 0.29) is 15.0 Å². The zero-order valence-electron chi connectivity index (χ0n) is 6.17. The maximum absolute atomic E-state index is 12.2. The number of aromatic nitrogens is 1. The average molecular weight is 299 g/mol. The lowest BCUT2D eigenvalue weighted by molar-refractivity contribution is 0.111. The number of hydrogen-bond donors (Lipinski definition) is 1. The van der Waals surface area contributed by atoms with Gasteiger partial charge in [-0.2, -0.15) is 0 Å². The minimum absolute atomic E-state index is 0.0208. The molecule has 0 atom stereocenters. The first-order chi connectivity index (χ1) is 6.06. The van der Waals surface area contributed by atoms with Crippen LogP contribution in [0, 0.1) is 3.70 Å². The number of halogens is 3. The van der Waals surface area contributed by atoms with Crippen LogP contribution in [-0.2, 0) is 0 Å². The van der Waals surface area contributed by atoms with Crippen LogP contribution in [0.2, 0.25) is 0 Å². The van der Waals surface area contributed by atoms with Gasteiger partial charge in [0, 0.05) is 0 Å². The number of aromatic hydroxyl groups is 1. The van der Waals surface area contributed by atoms with E-state index in [1.807, 2.05) is 0 Å². The van der Waals surface area contributed by atoms with Crippen LogP contribution in [-0.4, -0.2) is 16.4 Å². The van der Waals surface area contributed by atoms with E-state index in [1.54, 1.807) is 22.6 Å². The number of alkyl halides is 2. The highest BCUT2D eigenvalue weighted by Crippen LogP contribution is 2.27. The predicted octanol–water partition coefficient (Wildman–Crippen LogP) is 2.14. The molecule has 0 radical (unpaired) electrons. The van der Waals surface area contributed by atoms with E-state index in [0.717, 1.165) is 6.07 Å². The lowest BCUT2D eigenvalue weighted by Gasteiger charge is -2.04. The molecule has 0 aliphatic heterocycles. The summed E-state index contributed by atoms with van der Waals surface area (Å²) in [6.45, 7) is 0. The van der Waals surface area contributed by atoms with Crippen molar-refractivity contribution >= 4 is 28.9 Å². The number of nitrogens with zero attached hydrogens (tertiary/aromatic N) is 1. The van der Waals surface area contributed by atoms with E-state index in [9.17, 15) is 13.6 Å². The Hall–Kier alpha value is -0.790. The lowest BCUT2D eigenvalue weighted by atomic mass is 10.2. The number of pyridine rings is 1. The molecule has 0 amide bonds. The maximum atomic E-state index is 12.2. The molecule has 0 aliphatic carbocycles. The summed E-state index contributed by atoms with van der Waals surface area (Å²) in [5.74, 6) is -0.522. The molecule has 0 spiro atoms. The second-order valence-corrected chi connectivity index (χ2v) is 3.21. The molecule has 0 unspecified atom stereocenters. The third-order valence-electron chi connectivity index (χ3n) is 1.36. The zero-order valence-corrected chi connectivity index (χ0v) is 8.33. The van der Waals surface area contributed by atoms with Gasteiger partial charge in [0.1, 0.15) is 15.1 Å². The summed E-state index contributed by atoms with van der Waals surface area (Å²) in [6.07, 6.45) is -2.39. The van der Waals surface area contributed by atoms with Crippen molar-refractivity contribution in [1.29, 1.82) is 0 Å². The van der Waals surface area contributed by atoms with Gasteiger partial charge in [0.2, 0.25) is 0 Å². The van der Waals surface area contributed by atoms with Crippen molar-refractivity contribution in [2.24, 2.45) is 0 Å². The molecule has 6 heteroatoms. The Kier molecular flexibility index (Phi) is 3.12. The van der Waals surface area contributed by atoms with Crippen molar-refractivity contribution in [3.63, 3.8) is 0 Å². The SMILES string of the molecule is O=Cc1nc(I)c(C(F)F)cc1O. The third-order valence-corrected chi connectivity index (χ3v) is 2.22. The van der Waals surface area contributed by atoms with Crippen LogP contribution in [0.3, 0.4) is 0 Å². The van der Waals surface area contributed by atoms with Gasteiger partial charge in [0.25, 0.3) is 6.43 Å². The van der Waals surface area contributed by atoms with Crippen molar-refractivity contribution in [3.8, 4) is 5.75 Å². The van der Waals surface area contributed by atoms with Gasteiger partial charge in [-0.25, -0.2) is 13.8 Å². The highest BCUT2D eigenvalue weighted by Gasteiger charge is 2.16. The van der Waals surface area contributed by atoms with Crippen molar-refractivity contribution in [1.82, 2.24) is 4.98 Å². The van der Waals surface area contributed by atoms with Gasteiger partial charge in [-0.05, 0) is 28.7 Å². The topological polar surface area (TPSA) is 50.2 Å². The molecule has 13 heavy (non-hydrogen) atoms. The zero-order chi connectivity index (χ0) is 10.0. The molecule has 0 bridgehead atoms. The van der Waals surface area contributed by atoms with Gasteiger partial charge in [-0.1, -0.05) is 0 Å². The van der Waals surface area contributed by atoms with E-state index < -0.39 is 12.2 Å². The third kappa shape index (κ3) is 2.11. The van der Waals surface area contributed by atoms with Crippen LogP contribution < -0.4 is 0 Å². The predicted molar refractivity (Wildman–Crippen MR) is 49.0 cm³/mol. The van der Waals surface area contributed by atoms with Gasteiger partial charge in [0.15, 0.2) is 6.29 Å². The summed E-state index contributed by atoms with van der Waals surface area (Å²) in [5.41, 5.74) is -0.600. The first-order valence-electron chi connectivity index (χ1n) is 3.19. The molecule has 0 saturated carbocycles. The molecule has 1 heterocycles. The molecule has 3 nitrogen and oxygen atoms in total. The Balaban J connectivity index is 3.28. The summed E-state index contributed by atoms with van der Waals surface area (Å²) in [7, 11) is 0. The molecular weight excluding hydrogens is 295 g/mol. The summed E-state index contributed by atoms with van der Waals surface area (Å²) in [4.78, 5) is 13.7. The van der Waals surface area contributed by atoms with E-state index in [4.69, 9.17) is 5.11 Å². The number of carbonyl (C=O) groups excluding carboxylic acids is 1. The molecule has 0 fully saturated rings. The molecule has 1 N–H and O–H groups in total. The Bertz CT molecular complexity index is 344. The summed E-state index contributed by atoms with van der Waals surface area (Å²) >= 11 is 1.58. The van der Waals surface area contributed by atoms with E-state index >= 15 is 0 Å². The smallest absolute Gasteiger partial charge is 0.266 e. The number of hydrogen-bond acceptors (Lipinski definition) is 3. The van der Waals surface area contributed by atoms with Gasteiger partial charge in [-0.3, -0.25) is 4.79 Å². The fourth-order valence-electron chi connectivity index (χ4n) is 0.748. The van der Waals surface area contributed by atoms with Gasteiger partial charge < -0.3 is 5.11 Å². The molecule has 70 valence electrons. The quantitative estimate of drug-likeness (QED) is 0.517. The van der Waals surface area contributed by atoms with Gasteiger partial charge >= 0.3 is 0 Å². The van der Waals surface area contributed by atoms with E-state index in [1.165, 1.54) is 0 Å². The van der Waals surface area contributed by atoms with Crippen LogP contribution in [0.5, 0.6) is 5.75 Å². The van der Waals surface area contributed by atoms with Gasteiger partial charge in [-0.15, -0.1) is 0 Å². The first kappa shape index (κ1) is 10.3. The molecular formula is C7H4F2INO2. The van der Waals surface area contributed by atoms with Crippen molar-refractivity contribution in [3.05, 3.63) is 21.0 Å². The number of carbonyl (C=O) groups is 1. The molecule has 1 rings (SSSR count). The Morgan fingerprint density at radius 1 is 1.62 bits per heavy atom. The van der Waals surface area contributed by atoms with Crippen molar-refractivity contribution in [2.75, 3.05) is 0 Å². The molecule has 0 saturated heterocycles. The lowest BCUT2D eigenvalue weighted by Crippen LogP contribution is -1.97. The molecule has 1 aromatic rings. The minimum atomic E-state index is -2.70. The van der Waals surface area contributed by atoms with Crippen LogP contribution in [0.15, 0.2) is 6.07 Å². The van der Waals surface area contributed by atoms with Crippen LogP contribution >= 0.6 is 22.6 Å². The normalized spacial score (nSPS) is 10.5. The molecule has 0 aromatic carbocycles. The second kappa shape index (κ2) is 3.95. The standard InChI is InChI=1S/C7H4F2INO2/c8-6(9)3-1-5(13)4(2-12)11-7(3)10/h1-2,6,13H. The maximum Gasteiger partial charge on any atom is 0.266 e. The molecule has 0 aliphatic rings. The average Bonchev–Trinajstić information content (AvgIpc) is 2.07.